The van der Waals surface area contributed by atoms with Gasteiger partial charge in [-0.2, -0.15) is 26.3 Å². The van der Waals surface area contributed by atoms with Gasteiger partial charge in [-0.25, -0.2) is 0 Å². The molecule has 1 N–H and O–H groups in total. The smallest absolute Gasteiger partial charge is 0.313 e. The van der Waals surface area contributed by atoms with Gasteiger partial charge in [0.1, 0.15) is 0 Å². The van der Waals surface area contributed by atoms with E-state index in [0.717, 1.165) is 0 Å². The molecule has 0 aromatic heterocycles. The minimum absolute atomic E-state index is 0.139. The molecule has 1 unspecified atom stereocenters. The molecule has 0 aliphatic carbocycles. The van der Waals surface area contributed by atoms with Gasteiger partial charge in [-0.3, -0.25) is 0 Å². The highest BCUT2D eigenvalue weighted by Crippen LogP contribution is 2.42. The summed E-state index contributed by atoms with van der Waals surface area (Å²) < 4.78 is 75.5. The maximum absolute atomic E-state index is 12.6. The van der Waals surface area contributed by atoms with Crippen LogP contribution in [-0.4, -0.2) is 24.9 Å². The molecule has 0 amide bonds. The highest BCUT2D eigenvalue weighted by molar-refractivity contribution is 4.87. The molecule has 0 aliphatic rings. The van der Waals surface area contributed by atoms with Gasteiger partial charge in [-0.05, 0) is 25.3 Å². The molecule has 7 heteroatoms. The van der Waals surface area contributed by atoms with Gasteiger partial charge in [-0.15, -0.1) is 0 Å². The lowest BCUT2D eigenvalue weighted by Crippen LogP contribution is -2.51. The van der Waals surface area contributed by atoms with E-state index in [0.29, 0.717) is 6.42 Å². The third-order valence-electron chi connectivity index (χ3n) is 2.49. The van der Waals surface area contributed by atoms with E-state index in [1.807, 2.05) is 0 Å². The highest BCUT2D eigenvalue weighted by atomic mass is 19.4. The summed E-state index contributed by atoms with van der Waals surface area (Å²) in [7, 11) is 0. The fraction of sp³-hybridized carbons (Fsp3) is 1.00. The first-order chi connectivity index (χ1) is 8.00. The fourth-order valence-corrected chi connectivity index (χ4v) is 1.82. The molecule has 0 aromatic carbocycles. The second kappa shape index (κ2) is 6.63. The Morgan fingerprint density at radius 1 is 0.944 bits per heavy atom. The molecule has 0 bridgehead atoms. The van der Waals surface area contributed by atoms with Crippen molar-refractivity contribution in [1.29, 1.82) is 0 Å². The van der Waals surface area contributed by atoms with E-state index in [1.54, 1.807) is 20.8 Å². The summed E-state index contributed by atoms with van der Waals surface area (Å²) in [5, 5.41) is 2.37. The summed E-state index contributed by atoms with van der Waals surface area (Å²) in [6.07, 6.45) is -10.2. The Hall–Kier alpha value is -0.460. The van der Waals surface area contributed by atoms with Gasteiger partial charge in [0.25, 0.3) is 0 Å². The highest BCUT2D eigenvalue weighted by Gasteiger charge is 2.59. The van der Waals surface area contributed by atoms with Gasteiger partial charge < -0.3 is 5.32 Å². The predicted octanol–water partition coefficient (Wildman–Crippen LogP) is 4.14. The first-order valence-electron chi connectivity index (χ1n) is 5.87. The lowest BCUT2D eigenvalue weighted by atomic mass is 9.90. The van der Waals surface area contributed by atoms with E-state index in [9.17, 15) is 26.3 Å². The summed E-state index contributed by atoms with van der Waals surface area (Å²) in [6, 6.07) is -1.62. The number of rotatable bonds is 6. The van der Waals surface area contributed by atoms with Crippen LogP contribution in [0.15, 0.2) is 0 Å². The van der Waals surface area contributed by atoms with Crippen molar-refractivity contribution in [2.24, 2.45) is 11.8 Å². The molecule has 0 fully saturated rings. The van der Waals surface area contributed by atoms with Gasteiger partial charge in [0, 0.05) is 6.04 Å². The second-order valence-corrected chi connectivity index (χ2v) is 4.75. The number of hydrogen-bond donors (Lipinski definition) is 1. The zero-order valence-electron chi connectivity index (χ0n) is 10.6. The lowest BCUT2D eigenvalue weighted by molar-refractivity contribution is -0.292. The molecule has 18 heavy (non-hydrogen) atoms. The van der Waals surface area contributed by atoms with Gasteiger partial charge >= 0.3 is 12.4 Å². The molecule has 1 atom stereocenters. The minimum Gasteiger partial charge on any atom is -0.313 e. The van der Waals surface area contributed by atoms with Crippen LogP contribution in [0.1, 0.15) is 33.6 Å². The number of halogens is 6. The Kier molecular flexibility index (Phi) is 6.46. The van der Waals surface area contributed by atoms with E-state index in [4.69, 9.17) is 0 Å². The van der Waals surface area contributed by atoms with Crippen molar-refractivity contribution in [2.75, 3.05) is 6.54 Å². The summed E-state index contributed by atoms with van der Waals surface area (Å²) in [5.74, 6) is -3.55. The van der Waals surface area contributed by atoms with Crippen LogP contribution in [-0.2, 0) is 0 Å². The molecule has 0 heterocycles. The van der Waals surface area contributed by atoms with Gasteiger partial charge in [-0.1, -0.05) is 20.8 Å². The Morgan fingerprint density at radius 3 is 1.67 bits per heavy atom. The molecular weight excluding hydrogens is 260 g/mol. The van der Waals surface area contributed by atoms with Crippen molar-refractivity contribution in [3.05, 3.63) is 0 Å². The van der Waals surface area contributed by atoms with Crippen molar-refractivity contribution in [2.45, 2.75) is 52.0 Å². The minimum atomic E-state index is -5.28. The standard InChI is InChI=1S/C11H19F6N/c1-4-5-18-8(6-7(2)3)9(10(12,13)14)11(15,16)17/h7-9,18H,4-6H2,1-3H3. The van der Waals surface area contributed by atoms with Crippen LogP contribution in [0.3, 0.4) is 0 Å². The number of hydrogen-bond acceptors (Lipinski definition) is 1. The molecule has 0 saturated carbocycles. The molecule has 0 aliphatic heterocycles. The zero-order valence-corrected chi connectivity index (χ0v) is 10.6. The molecule has 1 nitrogen and oxygen atoms in total. The largest absolute Gasteiger partial charge is 0.401 e. The molecule has 0 rings (SSSR count). The summed E-state index contributed by atoms with van der Waals surface area (Å²) in [5.41, 5.74) is 0. The average Bonchev–Trinajstić information content (AvgIpc) is 2.08. The van der Waals surface area contributed by atoms with Crippen molar-refractivity contribution < 1.29 is 26.3 Å². The SMILES string of the molecule is CCCNC(CC(C)C)C(C(F)(F)F)C(F)(F)F. The summed E-state index contributed by atoms with van der Waals surface area (Å²) >= 11 is 0. The first kappa shape index (κ1) is 17.5. The van der Waals surface area contributed by atoms with Crippen molar-refractivity contribution >= 4 is 0 Å². The predicted molar refractivity (Wildman–Crippen MR) is 57.1 cm³/mol. The molecule has 0 saturated heterocycles. The number of nitrogens with one attached hydrogen (secondary N) is 1. The van der Waals surface area contributed by atoms with Crippen LogP contribution in [0.25, 0.3) is 0 Å². The van der Waals surface area contributed by atoms with Crippen molar-refractivity contribution in [1.82, 2.24) is 5.32 Å². The second-order valence-electron chi connectivity index (χ2n) is 4.75. The monoisotopic (exact) mass is 279 g/mol. The average molecular weight is 279 g/mol. The van der Waals surface area contributed by atoms with E-state index in [-0.39, 0.29) is 18.9 Å². The summed E-state index contributed by atoms with van der Waals surface area (Å²) in [6.45, 7) is 5.03. The van der Waals surface area contributed by atoms with E-state index in [2.05, 4.69) is 5.32 Å². The van der Waals surface area contributed by atoms with E-state index in [1.165, 1.54) is 0 Å². The quantitative estimate of drug-likeness (QED) is 0.720. The van der Waals surface area contributed by atoms with Gasteiger partial charge in [0.15, 0.2) is 5.92 Å². The fourth-order valence-electron chi connectivity index (χ4n) is 1.82. The number of alkyl halides is 6. The van der Waals surface area contributed by atoms with Crippen molar-refractivity contribution in [3.63, 3.8) is 0 Å². The first-order valence-corrected chi connectivity index (χ1v) is 5.87. The Labute approximate surface area is 103 Å². The van der Waals surface area contributed by atoms with Gasteiger partial charge in [0.2, 0.25) is 0 Å². The van der Waals surface area contributed by atoms with Crippen LogP contribution in [0.5, 0.6) is 0 Å². The molecular formula is C11H19F6N. The zero-order chi connectivity index (χ0) is 14.6. The molecule has 0 aromatic rings. The Morgan fingerprint density at radius 2 is 1.39 bits per heavy atom. The van der Waals surface area contributed by atoms with Crippen LogP contribution in [0, 0.1) is 11.8 Å². The van der Waals surface area contributed by atoms with Crippen LogP contribution in [0.2, 0.25) is 0 Å². The third kappa shape index (κ3) is 5.93. The normalized spacial score (nSPS) is 15.5. The third-order valence-corrected chi connectivity index (χ3v) is 2.49. The van der Waals surface area contributed by atoms with Crippen molar-refractivity contribution in [3.8, 4) is 0 Å². The topological polar surface area (TPSA) is 12.0 Å². The van der Waals surface area contributed by atoms with E-state index >= 15 is 0 Å². The molecule has 110 valence electrons. The molecule has 0 spiro atoms. The summed E-state index contributed by atoms with van der Waals surface area (Å²) in [4.78, 5) is 0. The molecule has 0 radical (unpaired) electrons. The van der Waals surface area contributed by atoms with Crippen LogP contribution >= 0.6 is 0 Å². The van der Waals surface area contributed by atoms with Crippen LogP contribution in [0.4, 0.5) is 26.3 Å². The Bertz CT molecular complexity index is 219. The van der Waals surface area contributed by atoms with E-state index < -0.39 is 24.3 Å². The van der Waals surface area contributed by atoms with Crippen LogP contribution < -0.4 is 5.32 Å². The maximum Gasteiger partial charge on any atom is 0.401 e. The Balaban J connectivity index is 5.08. The lowest BCUT2D eigenvalue weighted by Gasteiger charge is -2.32. The van der Waals surface area contributed by atoms with Gasteiger partial charge in [0.05, 0.1) is 0 Å². The maximum atomic E-state index is 12.6.